The van der Waals surface area contributed by atoms with Crippen molar-refractivity contribution in [2.75, 3.05) is 30.9 Å². The minimum absolute atomic E-state index is 0.121. The molecule has 0 saturated carbocycles. The summed E-state index contributed by atoms with van der Waals surface area (Å²) < 4.78 is 6.80. The molecule has 2 heterocycles. The molecule has 3 rings (SSSR count). The van der Waals surface area contributed by atoms with E-state index in [-0.39, 0.29) is 37.1 Å². The Kier molecular flexibility index (Phi) is 8.02. The molecule has 3 aromatic rings. The van der Waals surface area contributed by atoms with Crippen molar-refractivity contribution in [1.29, 1.82) is 0 Å². The number of benzene rings is 1. The molecule has 0 bridgehead atoms. The van der Waals surface area contributed by atoms with Gasteiger partial charge in [-0.2, -0.15) is 0 Å². The zero-order valence-electron chi connectivity index (χ0n) is 19.0. The molecule has 176 valence electrons. The number of nitrogens with zero attached hydrogens (tertiary/aromatic N) is 2. The molecule has 0 aliphatic carbocycles. The first-order valence-electron chi connectivity index (χ1n) is 10.8. The highest BCUT2D eigenvalue weighted by Crippen LogP contribution is 2.33. The van der Waals surface area contributed by atoms with E-state index in [1.165, 1.54) is 7.11 Å². The summed E-state index contributed by atoms with van der Waals surface area (Å²) in [5, 5.41) is 25.2. The highest BCUT2D eigenvalue weighted by molar-refractivity contribution is 6.11. The van der Waals surface area contributed by atoms with Gasteiger partial charge >= 0.3 is 5.97 Å². The van der Waals surface area contributed by atoms with Crippen molar-refractivity contribution in [2.24, 2.45) is 5.92 Å². The van der Waals surface area contributed by atoms with Crippen LogP contribution >= 0.6 is 0 Å². The molecule has 2 aromatic heterocycles. The molecule has 1 amide bonds. The van der Waals surface area contributed by atoms with Crippen LogP contribution in [0.3, 0.4) is 0 Å². The average Bonchev–Trinajstić information content (AvgIpc) is 3.09. The Balaban J connectivity index is 2.07. The molecule has 1 atom stereocenters. The number of anilines is 2. The van der Waals surface area contributed by atoms with Crippen molar-refractivity contribution < 1.29 is 24.5 Å². The van der Waals surface area contributed by atoms with Crippen molar-refractivity contribution in [3.8, 4) is 0 Å². The largest absolute Gasteiger partial charge is 0.464 e. The van der Waals surface area contributed by atoms with Gasteiger partial charge in [0.05, 0.1) is 43.8 Å². The number of ether oxygens (including phenoxy) is 1. The van der Waals surface area contributed by atoms with Crippen LogP contribution in [0.15, 0.2) is 42.6 Å². The normalized spacial score (nSPS) is 12.1. The van der Waals surface area contributed by atoms with Gasteiger partial charge in [-0.15, -0.1) is 0 Å². The molecule has 9 nitrogen and oxygen atoms in total. The van der Waals surface area contributed by atoms with Gasteiger partial charge in [0.1, 0.15) is 5.65 Å². The van der Waals surface area contributed by atoms with Crippen LogP contribution < -0.4 is 10.6 Å². The molecule has 4 N–H and O–H groups in total. The Morgan fingerprint density at radius 3 is 2.58 bits per heavy atom. The third-order valence-corrected chi connectivity index (χ3v) is 5.05. The van der Waals surface area contributed by atoms with E-state index in [1.807, 2.05) is 44.2 Å². The van der Waals surface area contributed by atoms with Gasteiger partial charge in [-0.3, -0.25) is 4.79 Å². The fourth-order valence-electron chi connectivity index (χ4n) is 3.57. The van der Waals surface area contributed by atoms with E-state index in [2.05, 4.69) is 15.6 Å². The van der Waals surface area contributed by atoms with Crippen LogP contribution in [0.2, 0.25) is 0 Å². The number of amides is 1. The van der Waals surface area contributed by atoms with Crippen molar-refractivity contribution in [1.82, 2.24) is 9.55 Å². The third-order valence-electron chi connectivity index (χ3n) is 5.05. The standard InChI is InChI=1S/C24H30N4O5/c1-15(2)13-28-22(24(32)33-3)21(27-20(31)9-16-7-5-4-6-8-16)19-10-17(11-26-23(19)28)25-12-18(30)14-29/h4-8,10-11,15,18,25,29-30H,9,12-14H2,1-3H3,(H,27,31)/t18-/m0/s1. The van der Waals surface area contributed by atoms with E-state index in [9.17, 15) is 14.7 Å². The fraction of sp³-hybridized carbons (Fsp3) is 0.375. The Morgan fingerprint density at radius 2 is 1.94 bits per heavy atom. The van der Waals surface area contributed by atoms with Gasteiger partial charge in [0.25, 0.3) is 0 Å². The number of aliphatic hydroxyl groups is 2. The summed E-state index contributed by atoms with van der Waals surface area (Å²) in [7, 11) is 1.30. The van der Waals surface area contributed by atoms with Gasteiger partial charge in [0, 0.05) is 18.5 Å². The van der Waals surface area contributed by atoms with Crippen molar-refractivity contribution >= 4 is 34.3 Å². The number of carbonyl (C=O) groups is 2. The second-order valence-corrected chi connectivity index (χ2v) is 8.24. The summed E-state index contributed by atoms with van der Waals surface area (Å²) in [5.41, 5.74) is 2.51. The molecule has 0 fully saturated rings. The summed E-state index contributed by atoms with van der Waals surface area (Å²) in [6.07, 6.45) is 0.800. The first kappa shape index (κ1) is 24.2. The molecule has 1 aromatic carbocycles. The molecule has 9 heteroatoms. The molecule has 0 spiro atoms. The van der Waals surface area contributed by atoms with E-state index in [4.69, 9.17) is 9.84 Å². The van der Waals surface area contributed by atoms with Gasteiger partial charge in [0.15, 0.2) is 5.69 Å². The van der Waals surface area contributed by atoms with Crippen molar-refractivity contribution in [3.05, 3.63) is 53.9 Å². The molecule has 0 aliphatic heterocycles. The van der Waals surface area contributed by atoms with E-state index in [0.29, 0.717) is 29.0 Å². The quantitative estimate of drug-likeness (QED) is 0.347. The fourth-order valence-corrected chi connectivity index (χ4v) is 3.57. The molecular formula is C24H30N4O5. The molecule has 0 saturated heterocycles. The third kappa shape index (κ3) is 5.88. The number of nitrogens with one attached hydrogen (secondary N) is 2. The predicted molar refractivity (Wildman–Crippen MR) is 126 cm³/mol. The number of hydrogen-bond donors (Lipinski definition) is 4. The average molecular weight is 455 g/mol. The zero-order chi connectivity index (χ0) is 24.0. The summed E-state index contributed by atoms with van der Waals surface area (Å²) in [6, 6.07) is 11.1. The van der Waals surface area contributed by atoms with Crippen molar-refractivity contribution in [3.63, 3.8) is 0 Å². The molecule has 33 heavy (non-hydrogen) atoms. The second kappa shape index (κ2) is 10.9. The first-order valence-corrected chi connectivity index (χ1v) is 10.8. The monoisotopic (exact) mass is 454 g/mol. The van der Waals surface area contributed by atoms with Crippen LogP contribution in [-0.4, -0.2) is 58.0 Å². The number of hydrogen-bond acceptors (Lipinski definition) is 7. The number of esters is 1. The van der Waals surface area contributed by atoms with Crippen LogP contribution in [0.1, 0.15) is 29.9 Å². The van der Waals surface area contributed by atoms with E-state index >= 15 is 0 Å². The van der Waals surface area contributed by atoms with Gasteiger partial charge in [0.2, 0.25) is 5.91 Å². The SMILES string of the molecule is COC(=O)c1c(NC(=O)Cc2ccccc2)c2cc(NC[C@H](O)CO)cnc2n1CC(C)C. The Morgan fingerprint density at radius 1 is 1.21 bits per heavy atom. The van der Waals surface area contributed by atoms with Crippen LogP contribution in [-0.2, 0) is 22.5 Å². The van der Waals surface area contributed by atoms with E-state index in [1.54, 1.807) is 16.8 Å². The van der Waals surface area contributed by atoms with Crippen LogP contribution in [0.25, 0.3) is 11.0 Å². The molecular weight excluding hydrogens is 424 g/mol. The highest BCUT2D eigenvalue weighted by Gasteiger charge is 2.26. The zero-order valence-corrected chi connectivity index (χ0v) is 19.0. The van der Waals surface area contributed by atoms with Crippen molar-refractivity contribution in [2.45, 2.75) is 32.9 Å². The summed E-state index contributed by atoms with van der Waals surface area (Å²) in [5.74, 6) is -0.644. The lowest BCUT2D eigenvalue weighted by atomic mass is 10.1. The maximum absolute atomic E-state index is 12.9. The van der Waals surface area contributed by atoms with Gasteiger partial charge < -0.3 is 30.2 Å². The van der Waals surface area contributed by atoms with Crippen LogP contribution in [0.5, 0.6) is 0 Å². The minimum atomic E-state index is -0.929. The molecule has 0 aliphatic rings. The first-order chi connectivity index (χ1) is 15.8. The summed E-state index contributed by atoms with van der Waals surface area (Å²) in [4.78, 5) is 30.2. The minimum Gasteiger partial charge on any atom is -0.464 e. The smallest absolute Gasteiger partial charge is 0.356 e. The summed E-state index contributed by atoms with van der Waals surface area (Å²) >= 11 is 0. The van der Waals surface area contributed by atoms with E-state index < -0.39 is 12.1 Å². The van der Waals surface area contributed by atoms with Gasteiger partial charge in [-0.1, -0.05) is 44.2 Å². The summed E-state index contributed by atoms with van der Waals surface area (Å²) in [6.45, 7) is 4.29. The molecule has 0 unspecified atom stereocenters. The maximum Gasteiger partial charge on any atom is 0.356 e. The Hall–Kier alpha value is -3.43. The number of methoxy groups -OCH3 is 1. The topological polar surface area (TPSA) is 126 Å². The molecule has 0 radical (unpaired) electrons. The van der Waals surface area contributed by atoms with Gasteiger partial charge in [-0.25, -0.2) is 9.78 Å². The number of aliphatic hydroxyl groups excluding tert-OH is 2. The lowest BCUT2D eigenvalue weighted by molar-refractivity contribution is -0.115. The van der Waals surface area contributed by atoms with Crippen LogP contribution in [0.4, 0.5) is 11.4 Å². The number of aromatic nitrogens is 2. The number of fused-ring (bicyclic) bond motifs is 1. The lowest BCUT2D eigenvalue weighted by Crippen LogP contribution is -2.22. The van der Waals surface area contributed by atoms with Gasteiger partial charge in [-0.05, 0) is 17.5 Å². The number of carbonyl (C=O) groups excluding carboxylic acids is 2. The van der Waals surface area contributed by atoms with E-state index in [0.717, 1.165) is 5.56 Å². The number of pyridine rings is 1. The Bertz CT molecular complexity index is 1110. The maximum atomic E-state index is 12.9. The predicted octanol–water partition coefficient (Wildman–Crippen LogP) is 2.43. The highest BCUT2D eigenvalue weighted by atomic mass is 16.5. The second-order valence-electron chi connectivity index (χ2n) is 8.24. The Labute approximate surface area is 192 Å². The number of rotatable bonds is 10. The van der Waals surface area contributed by atoms with Crippen LogP contribution in [0, 0.1) is 5.92 Å². The lowest BCUT2D eigenvalue weighted by Gasteiger charge is -2.12.